The van der Waals surface area contributed by atoms with Crippen molar-refractivity contribution in [2.24, 2.45) is 0 Å². The van der Waals surface area contributed by atoms with Crippen LogP contribution in [0.5, 0.6) is 0 Å². The molecule has 1 aliphatic rings. The van der Waals surface area contributed by atoms with Gasteiger partial charge in [-0.15, -0.1) is 0 Å². The molecule has 0 N–H and O–H groups in total. The van der Waals surface area contributed by atoms with E-state index in [2.05, 4.69) is 24.0 Å². The van der Waals surface area contributed by atoms with Crippen LogP contribution >= 0.6 is 0 Å². The molecule has 0 unspecified atom stereocenters. The van der Waals surface area contributed by atoms with Crippen molar-refractivity contribution in [3.63, 3.8) is 0 Å². The Kier molecular flexibility index (Phi) is 3.84. The van der Waals surface area contributed by atoms with E-state index in [0.29, 0.717) is 13.1 Å². The molecule has 0 aromatic heterocycles. The van der Waals surface area contributed by atoms with Crippen LogP contribution in [0.2, 0.25) is 0 Å². The molecule has 114 valence electrons. The molecule has 2 aromatic rings. The molecule has 22 heavy (non-hydrogen) atoms. The molecule has 1 saturated heterocycles. The minimum absolute atomic E-state index is 0.152. The first kappa shape index (κ1) is 14.6. The zero-order valence-electron chi connectivity index (χ0n) is 12.8. The van der Waals surface area contributed by atoms with Gasteiger partial charge in [0.2, 0.25) is 0 Å². The van der Waals surface area contributed by atoms with Gasteiger partial charge in [0, 0.05) is 25.8 Å². The van der Waals surface area contributed by atoms with Crippen LogP contribution in [-0.2, 0) is 0 Å². The Morgan fingerprint density at radius 3 is 2.45 bits per heavy atom. The molecular weight excluding hydrogens is 279 g/mol. The predicted molar refractivity (Wildman–Crippen MR) is 85.7 cm³/mol. The number of halogens is 1. The van der Waals surface area contributed by atoms with Gasteiger partial charge in [0.05, 0.1) is 11.6 Å². The van der Waals surface area contributed by atoms with E-state index < -0.39 is 5.82 Å². The van der Waals surface area contributed by atoms with Crippen molar-refractivity contribution in [3.8, 4) is 0 Å². The average molecular weight is 298 g/mol. The Morgan fingerprint density at radius 2 is 1.77 bits per heavy atom. The Morgan fingerprint density at radius 1 is 1.14 bits per heavy atom. The molecule has 3 nitrogen and oxygen atoms in total. The molecule has 1 heterocycles. The van der Waals surface area contributed by atoms with Crippen molar-refractivity contribution < 1.29 is 9.18 Å². The maximum absolute atomic E-state index is 13.7. The number of aryl methyl sites for hydroxylation is 1. The zero-order valence-corrected chi connectivity index (χ0v) is 12.8. The second kappa shape index (κ2) is 5.79. The largest absolute Gasteiger partial charge is 0.368 e. The summed E-state index contributed by atoms with van der Waals surface area (Å²) in [5.74, 6) is -0.684. The van der Waals surface area contributed by atoms with Gasteiger partial charge in [-0.3, -0.25) is 4.79 Å². The number of likely N-dealkylation sites (N-methyl/N-ethyl adjacent to an activating group) is 1. The highest BCUT2D eigenvalue weighted by Gasteiger charge is 2.35. The number of rotatable bonds is 3. The van der Waals surface area contributed by atoms with E-state index in [1.165, 1.54) is 23.4 Å². The van der Waals surface area contributed by atoms with E-state index >= 15 is 0 Å². The Labute approximate surface area is 130 Å². The third-order valence-corrected chi connectivity index (χ3v) is 4.30. The van der Waals surface area contributed by atoms with Gasteiger partial charge in [0.1, 0.15) is 5.82 Å². The quantitative estimate of drug-likeness (QED) is 0.869. The smallest absolute Gasteiger partial charge is 0.256 e. The highest BCUT2D eigenvalue weighted by atomic mass is 19.1. The van der Waals surface area contributed by atoms with E-state index in [9.17, 15) is 9.18 Å². The van der Waals surface area contributed by atoms with Gasteiger partial charge in [-0.25, -0.2) is 4.39 Å². The number of amides is 1. The Bertz CT molecular complexity index is 695. The first-order chi connectivity index (χ1) is 10.6. The second-order valence-electron chi connectivity index (χ2n) is 5.74. The lowest BCUT2D eigenvalue weighted by molar-refractivity contribution is 0.0599. The van der Waals surface area contributed by atoms with Crippen LogP contribution in [-0.4, -0.2) is 37.0 Å². The lowest BCUT2D eigenvalue weighted by Gasteiger charge is -2.45. The molecule has 1 amide bonds. The van der Waals surface area contributed by atoms with E-state index in [4.69, 9.17) is 0 Å². The number of carbonyl (C=O) groups excluding carboxylic acids is 1. The summed E-state index contributed by atoms with van der Waals surface area (Å²) in [5, 5.41) is 0. The number of hydrogen-bond donors (Lipinski definition) is 0. The zero-order chi connectivity index (χ0) is 15.7. The van der Waals surface area contributed by atoms with Gasteiger partial charge in [0.15, 0.2) is 0 Å². The van der Waals surface area contributed by atoms with Gasteiger partial charge in [0.25, 0.3) is 5.91 Å². The summed E-state index contributed by atoms with van der Waals surface area (Å²) in [4.78, 5) is 16.2. The fraction of sp³-hybridized carbons (Fsp3) is 0.278. The third-order valence-electron chi connectivity index (χ3n) is 4.30. The molecule has 0 atom stereocenters. The van der Waals surface area contributed by atoms with Gasteiger partial charge >= 0.3 is 0 Å². The summed E-state index contributed by atoms with van der Waals surface area (Å²) >= 11 is 0. The second-order valence-corrected chi connectivity index (χ2v) is 5.74. The summed E-state index contributed by atoms with van der Waals surface area (Å²) in [6, 6.07) is 14.6. The lowest BCUT2D eigenvalue weighted by atomic mass is 10.0. The molecule has 0 spiro atoms. The normalized spacial score (nSPS) is 14.6. The van der Waals surface area contributed by atoms with Crippen molar-refractivity contribution in [2.45, 2.75) is 13.0 Å². The van der Waals surface area contributed by atoms with Crippen LogP contribution in [0.15, 0.2) is 48.5 Å². The van der Waals surface area contributed by atoms with Crippen LogP contribution in [0.4, 0.5) is 10.1 Å². The first-order valence-electron chi connectivity index (χ1n) is 7.40. The number of para-hydroxylation sites is 1. The summed E-state index contributed by atoms with van der Waals surface area (Å²) in [6.45, 7) is 3.32. The molecule has 0 bridgehead atoms. The van der Waals surface area contributed by atoms with Crippen LogP contribution in [0.3, 0.4) is 0 Å². The number of anilines is 1. The summed E-state index contributed by atoms with van der Waals surface area (Å²) in [7, 11) is 2.04. The van der Waals surface area contributed by atoms with Gasteiger partial charge in [-0.05, 0) is 30.7 Å². The highest BCUT2D eigenvalue weighted by molar-refractivity contribution is 5.95. The monoisotopic (exact) mass is 298 g/mol. The molecule has 3 rings (SSSR count). The molecule has 0 saturated carbocycles. The maximum Gasteiger partial charge on any atom is 0.256 e. The molecule has 1 fully saturated rings. The number of benzene rings is 2. The van der Waals surface area contributed by atoms with Crippen LogP contribution in [0.25, 0.3) is 0 Å². The van der Waals surface area contributed by atoms with Gasteiger partial charge < -0.3 is 9.80 Å². The fourth-order valence-electron chi connectivity index (χ4n) is 2.83. The summed E-state index contributed by atoms with van der Waals surface area (Å²) in [5.41, 5.74) is 2.54. The van der Waals surface area contributed by atoms with E-state index in [1.807, 2.05) is 19.2 Å². The first-order valence-corrected chi connectivity index (χ1v) is 7.40. The SMILES string of the molecule is Cc1ccccc1N(C)C1CN(C(=O)c2ccccc2F)C1. The van der Waals surface area contributed by atoms with Gasteiger partial charge in [-0.1, -0.05) is 30.3 Å². The maximum atomic E-state index is 13.7. The minimum Gasteiger partial charge on any atom is -0.368 e. The average Bonchev–Trinajstić information content (AvgIpc) is 2.46. The summed E-state index contributed by atoms with van der Waals surface area (Å²) < 4.78 is 13.7. The van der Waals surface area contributed by atoms with Crippen LogP contribution < -0.4 is 4.90 Å². The standard InChI is InChI=1S/C18H19FN2O/c1-13-7-3-6-10-17(13)20(2)14-11-21(12-14)18(22)15-8-4-5-9-16(15)19/h3-10,14H,11-12H2,1-2H3. The molecule has 0 radical (unpaired) electrons. The van der Waals surface area contributed by atoms with Crippen molar-refractivity contribution in [2.75, 3.05) is 25.0 Å². The molecule has 0 aliphatic carbocycles. The predicted octanol–water partition coefficient (Wildman–Crippen LogP) is 3.09. The third kappa shape index (κ3) is 2.56. The van der Waals surface area contributed by atoms with Gasteiger partial charge in [-0.2, -0.15) is 0 Å². The number of carbonyl (C=O) groups is 1. The van der Waals surface area contributed by atoms with E-state index in [1.54, 1.807) is 17.0 Å². The van der Waals surface area contributed by atoms with E-state index in [0.717, 1.165) is 0 Å². The van der Waals surface area contributed by atoms with E-state index in [-0.39, 0.29) is 17.5 Å². The highest BCUT2D eigenvalue weighted by Crippen LogP contribution is 2.25. The van der Waals surface area contributed by atoms with Crippen molar-refractivity contribution in [1.29, 1.82) is 0 Å². The molecule has 1 aliphatic heterocycles. The summed E-state index contributed by atoms with van der Waals surface area (Å²) in [6.07, 6.45) is 0. The Balaban J connectivity index is 1.66. The van der Waals surface area contributed by atoms with Crippen LogP contribution in [0, 0.1) is 12.7 Å². The number of nitrogens with zero attached hydrogens (tertiary/aromatic N) is 2. The van der Waals surface area contributed by atoms with Crippen LogP contribution in [0.1, 0.15) is 15.9 Å². The molecular formula is C18H19FN2O. The molecule has 4 heteroatoms. The topological polar surface area (TPSA) is 23.6 Å². The fourth-order valence-corrected chi connectivity index (χ4v) is 2.83. The Hall–Kier alpha value is -2.36. The van der Waals surface area contributed by atoms with Crippen molar-refractivity contribution >= 4 is 11.6 Å². The minimum atomic E-state index is -0.455. The number of hydrogen-bond acceptors (Lipinski definition) is 2. The molecule has 2 aromatic carbocycles. The number of likely N-dealkylation sites (tertiary alicyclic amines) is 1. The lowest BCUT2D eigenvalue weighted by Crippen LogP contribution is -2.60. The van der Waals surface area contributed by atoms with Crippen molar-refractivity contribution in [1.82, 2.24) is 4.90 Å². The van der Waals surface area contributed by atoms with Crippen molar-refractivity contribution in [3.05, 3.63) is 65.5 Å².